The van der Waals surface area contributed by atoms with E-state index in [0.717, 1.165) is 61.9 Å². The number of hydrogen-bond acceptors (Lipinski definition) is 7. The zero-order chi connectivity index (χ0) is 34.8. The first-order valence-electron chi connectivity index (χ1n) is 17.1. The van der Waals surface area contributed by atoms with E-state index in [1.165, 1.54) is 23.9 Å². The first kappa shape index (κ1) is 34.8. The van der Waals surface area contributed by atoms with Crippen LogP contribution < -0.4 is 5.32 Å². The van der Waals surface area contributed by atoms with Gasteiger partial charge in [0.15, 0.2) is 17.5 Å². The number of benzene rings is 2. The third-order valence-corrected chi connectivity index (χ3v) is 10.6. The lowest BCUT2D eigenvalue weighted by Gasteiger charge is -2.33. The second-order valence-electron chi connectivity index (χ2n) is 14.0. The quantitative estimate of drug-likeness (QED) is 0.201. The van der Waals surface area contributed by atoms with Gasteiger partial charge in [0.1, 0.15) is 22.9 Å². The highest BCUT2D eigenvalue weighted by atomic mass is 35.5. The van der Waals surface area contributed by atoms with Crippen LogP contribution in [0.15, 0.2) is 54.3 Å². The molecule has 10 nitrogen and oxygen atoms in total. The van der Waals surface area contributed by atoms with E-state index in [4.69, 9.17) is 23.2 Å². The Kier molecular flexibility index (Phi) is 10.3. The number of nitrogens with one attached hydrogen (secondary N) is 1. The number of nitrogens with zero attached hydrogens (tertiary/aromatic N) is 6. The minimum absolute atomic E-state index is 0.107. The standard InChI is InChI=1S/C19H24ClN3O.C18H19ClN4O2/c1-19(10-4-3-5-11-19)13-16(24)12-17-21-18(22-23(17)2)14-6-8-15(20)9-7-14;1-23-16(20-15(22-23)11-5-7-12(19)8-6-11)13-14(24)18(21-17(13)25)9-3-2-4-10-18/h6-9H,3-5,10-13H2,1-2H3;5-8,24H,2-4,9-10H2,1H3,(H,21,25). The Morgan fingerprint density at radius 2 is 1.31 bits per heavy atom. The van der Waals surface area contributed by atoms with Crippen LogP contribution in [0.25, 0.3) is 28.3 Å². The van der Waals surface area contributed by atoms with E-state index < -0.39 is 5.54 Å². The molecule has 0 unspecified atom stereocenters. The molecule has 258 valence electrons. The van der Waals surface area contributed by atoms with Gasteiger partial charge in [-0.05, 0) is 79.6 Å². The van der Waals surface area contributed by atoms with Crippen molar-refractivity contribution in [2.75, 3.05) is 0 Å². The molecule has 4 aromatic rings. The van der Waals surface area contributed by atoms with Gasteiger partial charge in [0.25, 0.3) is 5.91 Å². The highest BCUT2D eigenvalue weighted by Crippen LogP contribution is 2.41. The Balaban J connectivity index is 0.000000170. The van der Waals surface area contributed by atoms with Crippen molar-refractivity contribution in [3.8, 4) is 22.8 Å². The molecule has 0 saturated heterocycles. The summed E-state index contributed by atoms with van der Waals surface area (Å²) in [6.07, 6.45) is 11.8. The fourth-order valence-electron chi connectivity index (χ4n) is 7.32. The largest absolute Gasteiger partial charge is 0.509 e. The molecule has 1 aliphatic heterocycles. The first-order chi connectivity index (χ1) is 23.4. The predicted octanol–water partition coefficient (Wildman–Crippen LogP) is 7.84. The topological polar surface area (TPSA) is 128 Å². The van der Waals surface area contributed by atoms with E-state index in [1.54, 1.807) is 23.9 Å². The minimum Gasteiger partial charge on any atom is -0.509 e. The monoisotopic (exact) mass is 703 g/mol. The number of carbonyl (C=O) groups is 2. The number of hydrogen-bond donors (Lipinski definition) is 2. The average Bonchev–Trinajstić information content (AvgIpc) is 3.70. The van der Waals surface area contributed by atoms with Gasteiger partial charge in [-0.2, -0.15) is 10.2 Å². The Labute approximate surface area is 296 Å². The summed E-state index contributed by atoms with van der Waals surface area (Å²) in [6, 6.07) is 14.6. The van der Waals surface area contributed by atoms with Crippen LogP contribution in [0.3, 0.4) is 0 Å². The number of aromatic nitrogens is 6. The SMILES string of the molecule is Cn1nc(-c2ccc(Cl)cc2)nc1C1=C(O)C2(CCCCC2)NC1=O.Cn1nc(-c2ccc(Cl)cc2)nc1CC(=O)CC1(C)CCCCC1. The van der Waals surface area contributed by atoms with Gasteiger partial charge in [0.2, 0.25) is 0 Å². The Bertz CT molecular complexity index is 1850. The molecule has 0 radical (unpaired) electrons. The molecule has 2 saturated carbocycles. The lowest BCUT2D eigenvalue weighted by molar-refractivity contribution is -0.121. The van der Waals surface area contributed by atoms with E-state index in [0.29, 0.717) is 40.4 Å². The molecule has 2 aromatic heterocycles. The number of rotatable bonds is 7. The molecular weight excluding hydrogens is 661 g/mol. The minimum atomic E-state index is -0.628. The maximum absolute atomic E-state index is 12.6. The lowest BCUT2D eigenvalue weighted by Crippen LogP contribution is -2.46. The van der Waals surface area contributed by atoms with Gasteiger partial charge in [-0.25, -0.2) is 14.6 Å². The summed E-state index contributed by atoms with van der Waals surface area (Å²) in [6.45, 7) is 2.25. The van der Waals surface area contributed by atoms with Crippen LogP contribution in [0.4, 0.5) is 0 Å². The van der Waals surface area contributed by atoms with Crippen molar-refractivity contribution in [2.24, 2.45) is 19.5 Å². The molecule has 3 aliphatic rings. The summed E-state index contributed by atoms with van der Waals surface area (Å²) in [4.78, 5) is 34.2. The van der Waals surface area contributed by atoms with E-state index in [9.17, 15) is 14.7 Å². The summed E-state index contributed by atoms with van der Waals surface area (Å²) < 4.78 is 3.25. The van der Waals surface area contributed by atoms with E-state index in [1.807, 2.05) is 43.4 Å². The van der Waals surface area contributed by atoms with Crippen LogP contribution in [-0.4, -0.2) is 51.9 Å². The number of Topliss-reactive ketones (excluding diaryl/α,β-unsaturated/α-hetero) is 1. The summed E-state index contributed by atoms with van der Waals surface area (Å²) in [5.74, 6) is 2.32. The van der Waals surface area contributed by atoms with Gasteiger partial charge in [-0.15, -0.1) is 0 Å². The second-order valence-corrected chi connectivity index (χ2v) is 14.8. The van der Waals surface area contributed by atoms with Crippen molar-refractivity contribution in [1.82, 2.24) is 34.8 Å². The second kappa shape index (κ2) is 14.5. The molecule has 2 fully saturated rings. The number of aliphatic hydroxyl groups is 1. The smallest absolute Gasteiger partial charge is 0.259 e. The van der Waals surface area contributed by atoms with Gasteiger partial charge in [0, 0.05) is 41.7 Å². The van der Waals surface area contributed by atoms with Crippen LogP contribution in [0, 0.1) is 5.41 Å². The highest BCUT2D eigenvalue weighted by molar-refractivity contribution is 6.31. The molecule has 2 aromatic carbocycles. The Morgan fingerprint density at radius 1 is 0.796 bits per heavy atom. The van der Waals surface area contributed by atoms with Gasteiger partial charge in [0.05, 0.1) is 12.0 Å². The molecule has 49 heavy (non-hydrogen) atoms. The number of aliphatic hydroxyl groups excluding tert-OH is 1. The molecule has 12 heteroatoms. The molecule has 3 heterocycles. The Morgan fingerprint density at radius 3 is 1.88 bits per heavy atom. The fraction of sp³-hybridized carbons (Fsp3) is 0.459. The van der Waals surface area contributed by atoms with Crippen molar-refractivity contribution in [3.05, 3.63) is 76.0 Å². The zero-order valence-corrected chi connectivity index (χ0v) is 29.8. The van der Waals surface area contributed by atoms with Crippen molar-refractivity contribution in [1.29, 1.82) is 0 Å². The molecule has 0 atom stereocenters. The van der Waals surface area contributed by atoms with Crippen LogP contribution in [0.5, 0.6) is 0 Å². The average molecular weight is 705 g/mol. The Hall–Kier alpha value is -4.02. The van der Waals surface area contributed by atoms with Crippen LogP contribution in [-0.2, 0) is 30.1 Å². The third kappa shape index (κ3) is 7.75. The molecule has 2 N–H and O–H groups in total. The van der Waals surface area contributed by atoms with Crippen molar-refractivity contribution in [2.45, 2.75) is 89.5 Å². The predicted molar refractivity (Wildman–Crippen MR) is 191 cm³/mol. The van der Waals surface area contributed by atoms with Crippen LogP contribution >= 0.6 is 23.2 Å². The summed E-state index contributed by atoms with van der Waals surface area (Å²) in [5, 5.41) is 24.0. The van der Waals surface area contributed by atoms with Gasteiger partial charge in [-0.1, -0.05) is 68.7 Å². The van der Waals surface area contributed by atoms with Crippen molar-refractivity contribution >= 4 is 40.5 Å². The fourth-order valence-corrected chi connectivity index (χ4v) is 7.57. The summed E-state index contributed by atoms with van der Waals surface area (Å²) in [7, 11) is 3.57. The van der Waals surface area contributed by atoms with E-state index >= 15 is 0 Å². The highest BCUT2D eigenvalue weighted by Gasteiger charge is 2.47. The van der Waals surface area contributed by atoms with E-state index in [2.05, 4.69) is 32.4 Å². The van der Waals surface area contributed by atoms with Crippen LogP contribution in [0.2, 0.25) is 10.0 Å². The maximum atomic E-state index is 12.6. The molecular formula is C37H43Cl2N7O3. The van der Waals surface area contributed by atoms with Crippen molar-refractivity contribution < 1.29 is 14.7 Å². The molecule has 1 spiro atoms. The first-order valence-corrected chi connectivity index (χ1v) is 17.8. The van der Waals surface area contributed by atoms with Gasteiger partial charge in [-0.3, -0.25) is 14.3 Å². The van der Waals surface area contributed by atoms with Crippen LogP contribution in [0.1, 0.15) is 89.2 Å². The molecule has 2 aliphatic carbocycles. The number of carbonyl (C=O) groups excluding carboxylic acids is 2. The number of amides is 1. The van der Waals surface area contributed by atoms with Gasteiger partial charge >= 0.3 is 0 Å². The molecule has 1 amide bonds. The summed E-state index contributed by atoms with van der Waals surface area (Å²) in [5.41, 5.74) is 1.49. The zero-order valence-electron chi connectivity index (χ0n) is 28.3. The molecule has 7 rings (SSSR count). The third-order valence-electron chi connectivity index (χ3n) is 10.1. The maximum Gasteiger partial charge on any atom is 0.259 e. The van der Waals surface area contributed by atoms with E-state index in [-0.39, 0.29) is 28.4 Å². The number of ketones is 1. The normalized spacial score (nSPS) is 18.3. The lowest BCUT2D eigenvalue weighted by atomic mass is 9.72. The molecule has 0 bridgehead atoms. The summed E-state index contributed by atoms with van der Waals surface area (Å²) >= 11 is 11.8. The van der Waals surface area contributed by atoms with Gasteiger partial charge < -0.3 is 10.4 Å². The number of aryl methyl sites for hydroxylation is 2. The number of halogens is 2. The van der Waals surface area contributed by atoms with Crippen molar-refractivity contribution in [3.63, 3.8) is 0 Å².